The summed E-state index contributed by atoms with van der Waals surface area (Å²) in [5, 5.41) is 22.7. The van der Waals surface area contributed by atoms with E-state index in [1.807, 2.05) is 41.3 Å². The molecular formula is C21H17N9. The van der Waals surface area contributed by atoms with Gasteiger partial charge in [0.25, 0.3) is 0 Å². The molecule has 3 heterocycles. The first kappa shape index (κ1) is 16.8. The van der Waals surface area contributed by atoms with E-state index < -0.39 is 0 Å². The SMILES string of the molecule is c1ccc2c(c1)CC[C@@H]2n1ncc2cnc(Nc3ccc(-c4nnn[nH]4)cc3)nc21. The summed E-state index contributed by atoms with van der Waals surface area (Å²) >= 11 is 0. The normalized spacial score (nSPS) is 15.4. The number of tetrazole rings is 1. The summed E-state index contributed by atoms with van der Waals surface area (Å²) < 4.78 is 2.02. The van der Waals surface area contributed by atoms with Crippen LogP contribution >= 0.6 is 0 Å². The summed E-state index contributed by atoms with van der Waals surface area (Å²) in [6, 6.07) is 16.5. The van der Waals surface area contributed by atoms with Crippen molar-refractivity contribution in [2.24, 2.45) is 0 Å². The number of nitrogens with one attached hydrogen (secondary N) is 2. The molecule has 1 aliphatic rings. The van der Waals surface area contributed by atoms with Crippen molar-refractivity contribution < 1.29 is 0 Å². The second-order valence-electron chi connectivity index (χ2n) is 7.27. The number of nitrogens with zero attached hydrogens (tertiary/aromatic N) is 7. The minimum absolute atomic E-state index is 0.205. The molecule has 5 aromatic rings. The first-order valence-corrected chi connectivity index (χ1v) is 9.74. The number of hydrogen-bond donors (Lipinski definition) is 2. The topological polar surface area (TPSA) is 110 Å². The summed E-state index contributed by atoms with van der Waals surface area (Å²) in [4.78, 5) is 9.20. The first-order chi connectivity index (χ1) is 14.8. The monoisotopic (exact) mass is 395 g/mol. The molecule has 2 N–H and O–H groups in total. The van der Waals surface area contributed by atoms with Crippen LogP contribution < -0.4 is 5.32 Å². The van der Waals surface area contributed by atoms with E-state index in [-0.39, 0.29) is 6.04 Å². The summed E-state index contributed by atoms with van der Waals surface area (Å²) in [5.74, 6) is 1.16. The van der Waals surface area contributed by atoms with Gasteiger partial charge in [-0.3, -0.25) is 0 Å². The Kier molecular flexibility index (Phi) is 3.76. The molecule has 2 aromatic carbocycles. The molecule has 0 fully saturated rings. The highest BCUT2D eigenvalue weighted by molar-refractivity contribution is 5.75. The Morgan fingerprint density at radius 3 is 2.80 bits per heavy atom. The van der Waals surface area contributed by atoms with Gasteiger partial charge < -0.3 is 5.32 Å². The molecule has 9 nitrogen and oxygen atoms in total. The third-order valence-electron chi connectivity index (χ3n) is 5.49. The molecule has 0 aliphatic heterocycles. The molecule has 0 bridgehead atoms. The average molecular weight is 395 g/mol. The lowest BCUT2D eigenvalue weighted by molar-refractivity contribution is 0.533. The number of benzene rings is 2. The van der Waals surface area contributed by atoms with Gasteiger partial charge in [0, 0.05) is 17.4 Å². The van der Waals surface area contributed by atoms with E-state index in [9.17, 15) is 0 Å². The fraction of sp³-hybridized carbons (Fsp3) is 0.143. The van der Waals surface area contributed by atoms with Crippen LogP contribution in [-0.2, 0) is 6.42 Å². The second kappa shape index (κ2) is 6.73. The number of H-pyrrole nitrogens is 1. The Bertz CT molecular complexity index is 1320. The predicted octanol–water partition coefficient (Wildman–Crippen LogP) is 3.29. The molecular weight excluding hydrogens is 378 g/mol. The molecule has 3 aromatic heterocycles. The second-order valence-corrected chi connectivity index (χ2v) is 7.27. The molecule has 0 saturated heterocycles. The molecule has 30 heavy (non-hydrogen) atoms. The molecule has 0 amide bonds. The third-order valence-corrected chi connectivity index (χ3v) is 5.49. The van der Waals surface area contributed by atoms with E-state index in [1.54, 1.807) is 0 Å². The molecule has 0 saturated carbocycles. The van der Waals surface area contributed by atoms with Crippen molar-refractivity contribution in [2.75, 3.05) is 5.32 Å². The Balaban J connectivity index is 1.31. The van der Waals surface area contributed by atoms with Gasteiger partial charge in [0.15, 0.2) is 11.5 Å². The highest BCUT2D eigenvalue weighted by Crippen LogP contribution is 2.35. The van der Waals surface area contributed by atoms with Crippen molar-refractivity contribution in [3.63, 3.8) is 0 Å². The first-order valence-electron chi connectivity index (χ1n) is 9.74. The number of hydrogen-bond acceptors (Lipinski definition) is 7. The Morgan fingerprint density at radius 1 is 1.03 bits per heavy atom. The Labute approximate surface area is 171 Å². The lowest BCUT2D eigenvalue weighted by Crippen LogP contribution is -2.10. The minimum Gasteiger partial charge on any atom is -0.324 e. The highest BCUT2D eigenvalue weighted by atomic mass is 15.5. The van der Waals surface area contributed by atoms with Gasteiger partial charge in [0.05, 0.1) is 17.6 Å². The zero-order chi connectivity index (χ0) is 19.9. The Morgan fingerprint density at radius 2 is 1.93 bits per heavy atom. The Hall–Kier alpha value is -4.14. The van der Waals surface area contributed by atoms with Crippen LogP contribution in [0.1, 0.15) is 23.6 Å². The third kappa shape index (κ3) is 2.79. The van der Waals surface area contributed by atoms with Crippen LogP contribution in [0.4, 0.5) is 11.6 Å². The largest absolute Gasteiger partial charge is 0.324 e. The molecule has 0 radical (unpaired) electrons. The van der Waals surface area contributed by atoms with Crippen LogP contribution in [0.3, 0.4) is 0 Å². The molecule has 1 atom stereocenters. The van der Waals surface area contributed by atoms with Crippen LogP contribution in [0.25, 0.3) is 22.4 Å². The van der Waals surface area contributed by atoms with Crippen LogP contribution in [0.2, 0.25) is 0 Å². The summed E-state index contributed by atoms with van der Waals surface area (Å²) in [6.45, 7) is 0. The molecule has 146 valence electrons. The fourth-order valence-electron chi connectivity index (χ4n) is 4.03. The smallest absolute Gasteiger partial charge is 0.229 e. The molecule has 6 rings (SSSR count). The predicted molar refractivity (Wildman–Crippen MR) is 111 cm³/mol. The lowest BCUT2D eigenvalue weighted by Gasteiger charge is -2.13. The highest BCUT2D eigenvalue weighted by Gasteiger charge is 2.26. The number of aryl methyl sites for hydroxylation is 1. The lowest BCUT2D eigenvalue weighted by atomic mass is 10.1. The van der Waals surface area contributed by atoms with Gasteiger partial charge in [-0.1, -0.05) is 24.3 Å². The maximum atomic E-state index is 4.76. The molecule has 1 aliphatic carbocycles. The van der Waals surface area contributed by atoms with Gasteiger partial charge in [-0.15, -0.1) is 5.10 Å². The zero-order valence-electron chi connectivity index (χ0n) is 15.9. The van der Waals surface area contributed by atoms with Gasteiger partial charge in [-0.25, -0.2) is 14.8 Å². The van der Waals surface area contributed by atoms with E-state index in [2.05, 4.69) is 60.3 Å². The fourth-order valence-corrected chi connectivity index (χ4v) is 4.03. The van der Waals surface area contributed by atoms with E-state index in [0.29, 0.717) is 11.8 Å². The van der Waals surface area contributed by atoms with Crippen LogP contribution in [-0.4, -0.2) is 40.4 Å². The van der Waals surface area contributed by atoms with Crippen molar-refractivity contribution >= 4 is 22.7 Å². The summed E-state index contributed by atoms with van der Waals surface area (Å²) in [6.07, 6.45) is 5.73. The number of rotatable bonds is 4. The van der Waals surface area contributed by atoms with Crippen LogP contribution in [0.15, 0.2) is 60.9 Å². The maximum absolute atomic E-state index is 4.76. The zero-order valence-corrected chi connectivity index (χ0v) is 15.9. The van der Waals surface area contributed by atoms with Crippen LogP contribution in [0.5, 0.6) is 0 Å². The maximum Gasteiger partial charge on any atom is 0.229 e. The van der Waals surface area contributed by atoms with Crippen molar-refractivity contribution in [2.45, 2.75) is 18.9 Å². The molecule has 0 spiro atoms. The van der Waals surface area contributed by atoms with Crippen molar-refractivity contribution in [1.82, 2.24) is 40.4 Å². The van der Waals surface area contributed by atoms with Crippen LogP contribution in [0, 0.1) is 0 Å². The van der Waals surface area contributed by atoms with Crippen molar-refractivity contribution in [3.8, 4) is 11.4 Å². The van der Waals surface area contributed by atoms with Gasteiger partial charge in [0.1, 0.15) is 0 Å². The number of aromatic amines is 1. The van der Waals surface area contributed by atoms with E-state index in [1.165, 1.54) is 11.1 Å². The van der Waals surface area contributed by atoms with Crippen molar-refractivity contribution in [1.29, 1.82) is 0 Å². The number of aromatic nitrogens is 8. The standard InChI is InChI=1S/C21H17N9/c1-2-4-17-13(3-1)7-10-18(17)30-20-15(12-23-30)11-22-21(25-20)24-16-8-5-14(6-9-16)19-26-28-29-27-19/h1-6,8-9,11-12,18H,7,10H2,(H,22,24,25)(H,26,27,28,29)/t18-/m0/s1. The van der Waals surface area contributed by atoms with Gasteiger partial charge in [-0.05, 0) is 58.7 Å². The molecule has 0 unspecified atom stereocenters. The minimum atomic E-state index is 0.205. The number of anilines is 2. The molecule has 9 heteroatoms. The quantitative estimate of drug-likeness (QED) is 0.480. The van der Waals surface area contributed by atoms with E-state index in [4.69, 9.17) is 4.98 Å². The average Bonchev–Trinajstić information content (AvgIpc) is 3.53. The van der Waals surface area contributed by atoms with Gasteiger partial charge in [-0.2, -0.15) is 10.1 Å². The summed E-state index contributed by atoms with van der Waals surface area (Å²) in [5.41, 5.74) is 5.33. The van der Waals surface area contributed by atoms with Crippen molar-refractivity contribution in [3.05, 3.63) is 72.1 Å². The van der Waals surface area contributed by atoms with E-state index >= 15 is 0 Å². The van der Waals surface area contributed by atoms with Gasteiger partial charge in [0.2, 0.25) is 5.95 Å². The summed E-state index contributed by atoms with van der Waals surface area (Å²) in [7, 11) is 0. The van der Waals surface area contributed by atoms with E-state index in [0.717, 1.165) is 35.1 Å². The van der Waals surface area contributed by atoms with Gasteiger partial charge >= 0.3 is 0 Å². The number of fused-ring (bicyclic) bond motifs is 2.